The van der Waals surface area contributed by atoms with Crippen LogP contribution in [0.5, 0.6) is 5.75 Å². The number of aryl methyl sites for hydroxylation is 1. The van der Waals surface area contributed by atoms with Gasteiger partial charge in [-0.2, -0.15) is 0 Å². The lowest BCUT2D eigenvalue weighted by Crippen LogP contribution is -2.31. The molecule has 1 heterocycles. The van der Waals surface area contributed by atoms with Crippen LogP contribution in [-0.2, 0) is 4.79 Å². The fourth-order valence-electron chi connectivity index (χ4n) is 2.44. The highest BCUT2D eigenvalue weighted by molar-refractivity contribution is 5.75. The highest BCUT2D eigenvalue weighted by Gasteiger charge is 2.13. The van der Waals surface area contributed by atoms with Gasteiger partial charge in [-0.25, -0.2) is 0 Å². The Morgan fingerprint density at radius 3 is 3.15 bits per heavy atom. The van der Waals surface area contributed by atoms with E-state index in [-0.39, 0.29) is 5.91 Å². The molecule has 0 aliphatic carbocycles. The summed E-state index contributed by atoms with van der Waals surface area (Å²) in [6.45, 7) is 4.32. The number of ether oxygens (including phenoxy) is 1. The number of amides is 1. The summed E-state index contributed by atoms with van der Waals surface area (Å²) < 4.78 is 5.56. The normalized spacial score (nSPS) is 17.9. The standard InChI is InChI=1S/C16H24N2O2/c1-13-4-2-6-15(12-13)20-11-8-16(19)18-10-7-14-5-3-9-17-14/h2,4,6,12,14,17H,3,5,7-11H2,1H3,(H,18,19)/t14-/m1/s1. The molecule has 2 rings (SSSR count). The van der Waals surface area contributed by atoms with Gasteiger partial charge in [0.1, 0.15) is 5.75 Å². The first-order valence-corrected chi connectivity index (χ1v) is 7.43. The van der Waals surface area contributed by atoms with Crippen molar-refractivity contribution in [3.63, 3.8) is 0 Å². The highest BCUT2D eigenvalue weighted by Crippen LogP contribution is 2.12. The van der Waals surface area contributed by atoms with E-state index in [1.54, 1.807) is 0 Å². The van der Waals surface area contributed by atoms with Crippen molar-refractivity contribution in [3.8, 4) is 5.75 Å². The van der Waals surface area contributed by atoms with E-state index in [1.807, 2.05) is 31.2 Å². The SMILES string of the molecule is Cc1cccc(OCCC(=O)NCC[C@H]2CCCN2)c1. The number of carbonyl (C=O) groups is 1. The zero-order valence-electron chi connectivity index (χ0n) is 12.2. The fourth-order valence-corrected chi connectivity index (χ4v) is 2.44. The van der Waals surface area contributed by atoms with Crippen molar-refractivity contribution in [2.45, 2.75) is 38.6 Å². The predicted octanol–water partition coefficient (Wildman–Crippen LogP) is 2.02. The van der Waals surface area contributed by atoms with Gasteiger partial charge in [-0.15, -0.1) is 0 Å². The Bertz CT molecular complexity index is 428. The van der Waals surface area contributed by atoms with E-state index in [4.69, 9.17) is 4.74 Å². The molecule has 4 heteroatoms. The third kappa shape index (κ3) is 5.21. The lowest BCUT2D eigenvalue weighted by atomic mass is 10.1. The molecule has 20 heavy (non-hydrogen) atoms. The van der Waals surface area contributed by atoms with Crippen molar-refractivity contribution in [2.75, 3.05) is 19.7 Å². The van der Waals surface area contributed by atoms with Crippen molar-refractivity contribution >= 4 is 5.91 Å². The molecular formula is C16H24N2O2. The van der Waals surface area contributed by atoms with E-state index >= 15 is 0 Å². The number of hydrogen-bond donors (Lipinski definition) is 2. The van der Waals surface area contributed by atoms with Gasteiger partial charge in [0.05, 0.1) is 13.0 Å². The zero-order valence-corrected chi connectivity index (χ0v) is 12.2. The number of nitrogens with one attached hydrogen (secondary N) is 2. The van der Waals surface area contributed by atoms with Crippen molar-refractivity contribution in [3.05, 3.63) is 29.8 Å². The molecule has 1 aliphatic heterocycles. The number of hydrogen-bond acceptors (Lipinski definition) is 3. The summed E-state index contributed by atoms with van der Waals surface area (Å²) in [7, 11) is 0. The van der Waals surface area contributed by atoms with Crippen molar-refractivity contribution < 1.29 is 9.53 Å². The lowest BCUT2D eigenvalue weighted by molar-refractivity contribution is -0.121. The van der Waals surface area contributed by atoms with Gasteiger partial charge in [0, 0.05) is 12.6 Å². The Labute approximate surface area is 120 Å². The average molecular weight is 276 g/mol. The Hall–Kier alpha value is -1.55. The Morgan fingerprint density at radius 2 is 2.40 bits per heavy atom. The average Bonchev–Trinajstić information content (AvgIpc) is 2.92. The van der Waals surface area contributed by atoms with E-state index < -0.39 is 0 Å². The third-order valence-corrected chi connectivity index (χ3v) is 3.56. The molecule has 1 atom stereocenters. The Kier molecular flexibility index (Phi) is 5.87. The molecule has 1 aromatic rings. The van der Waals surface area contributed by atoms with Crippen molar-refractivity contribution in [1.29, 1.82) is 0 Å². The van der Waals surface area contributed by atoms with Gasteiger partial charge in [0.2, 0.25) is 5.91 Å². The number of carbonyl (C=O) groups excluding carboxylic acids is 1. The van der Waals surface area contributed by atoms with Gasteiger partial charge in [-0.3, -0.25) is 4.79 Å². The second-order valence-electron chi connectivity index (χ2n) is 5.35. The molecule has 1 saturated heterocycles. The van der Waals surface area contributed by atoms with Gasteiger partial charge < -0.3 is 15.4 Å². The second kappa shape index (κ2) is 7.90. The minimum Gasteiger partial charge on any atom is -0.493 e. The molecule has 0 bridgehead atoms. The van der Waals surface area contributed by atoms with Crippen LogP contribution in [0.15, 0.2) is 24.3 Å². The summed E-state index contributed by atoms with van der Waals surface area (Å²) in [5.41, 5.74) is 1.16. The molecule has 110 valence electrons. The lowest BCUT2D eigenvalue weighted by Gasteiger charge is -2.11. The summed E-state index contributed by atoms with van der Waals surface area (Å²) >= 11 is 0. The molecule has 4 nitrogen and oxygen atoms in total. The van der Waals surface area contributed by atoms with Crippen LogP contribution in [0.1, 0.15) is 31.2 Å². The molecule has 1 amide bonds. The summed E-state index contributed by atoms with van der Waals surface area (Å²) in [6, 6.07) is 8.45. The minimum absolute atomic E-state index is 0.0654. The minimum atomic E-state index is 0.0654. The smallest absolute Gasteiger partial charge is 0.223 e. The van der Waals surface area contributed by atoms with Crippen molar-refractivity contribution in [1.82, 2.24) is 10.6 Å². The highest BCUT2D eigenvalue weighted by atomic mass is 16.5. The maximum Gasteiger partial charge on any atom is 0.223 e. The molecule has 2 N–H and O–H groups in total. The fraction of sp³-hybridized carbons (Fsp3) is 0.562. The number of benzene rings is 1. The summed E-state index contributed by atoms with van der Waals surface area (Å²) in [5, 5.41) is 6.37. The van der Waals surface area contributed by atoms with Gasteiger partial charge >= 0.3 is 0 Å². The largest absolute Gasteiger partial charge is 0.493 e. The van der Waals surface area contributed by atoms with Crippen LogP contribution in [0.2, 0.25) is 0 Å². The maximum absolute atomic E-state index is 11.7. The van der Waals surface area contributed by atoms with E-state index in [0.717, 1.165) is 30.8 Å². The van der Waals surface area contributed by atoms with E-state index in [0.29, 0.717) is 19.1 Å². The van der Waals surface area contributed by atoms with Crippen molar-refractivity contribution in [2.24, 2.45) is 0 Å². The van der Waals surface area contributed by atoms with Gasteiger partial charge in [-0.1, -0.05) is 12.1 Å². The molecule has 1 fully saturated rings. The number of rotatable bonds is 7. The molecule has 0 aromatic heterocycles. The van der Waals surface area contributed by atoms with E-state index in [9.17, 15) is 4.79 Å². The summed E-state index contributed by atoms with van der Waals surface area (Å²) in [5.74, 6) is 0.892. The molecule has 0 radical (unpaired) electrons. The van der Waals surface area contributed by atoms with Gasteiger partial charge in [0.15, 0.2) is 0 Å². The molecule has 0 saturated carbocycles. The van der Waals surface area contributed by atoms with Crippen LogP contribution in [0.3, 0.4) is 0 Å². The topological polar surface area (TPSA) is 50.4 Å². The molecular weight excluding hydrogens is 252 g/mol. The maximum atomic E-state index is 11.7. The molecule has 1 aliphatic rings. The predicted molar refractivity (Wildman–Crippen MR) is 79.9 cm³/mol. The van der Waals surface area contributed by atoms with Gasteiger partial charge in [-0.05, 0) is 50.4 Å². The van der Waals surface area contributed by atoms with E-state index in [1.165, 1.54) is 12.8 Å². The quantitative estimate of drug-likeness (QED) is 0.801. The van der Waals surface area contributed by atoms with Crippen LogP contribution in [-0.4, -0.2) is 31.6 Å². The monoisotopic (exact) mass is 276 g/mol. The summed E-state index contributed by atoms with van der Waals surface area (Å²) in [4.78, 5) is 11.7. The first-order chi connectivity index (χ1) is 9.74. The second-order valence-corrected chi connectivity index (χ2v) is 5.35. The van der Waals surface area contributed by atoms with Gasteiger partial charge in [0.25, 0.3) is 0 Å². The third-order valence-electron chi connectivity index (χ3n) is 3.56. The van der Waals surface area contributed by atoms with Crippen LogP contribution in [0.25, 0.3) is 0 Å². The first kappa shape index (κ1) is 14.9. The van der Waals surface area contributed by atoms with E-state index in [2.05, 4.69) is 10.6 Å². The Balaban J connectivity index is 1.55. The first-order valence-electron chi connectivity index (χ1n) is 7.43. The Morgan fingerprint density at radius 1 is 1.50 bits per heavy atom. The molecule has 1 aromatic carbocycles. The molecule has 0 spiro atoms. The van der Waals surface area contributed by atoms with Crippen LogP contribution in [0, 0.1) is 6.92 Å². The summed E-state index contributed by atoms with van der Waals surface area (Å²) in [6.07, 6.45) is 3.91. The van der Waals surface area contributed by atoms with Crippen LogP contribution < -0.4 is 15.4 Å². The molecule has 0 unspecified atom stereocenters. The van der Waals surface area contributed by atoms with Crippen LogP contribution >= 0.6 is 0 Å². The van der Waals surface area contributed by atoms with Crippen LogP contribution in [0.4, 0.5) is 0 Å². The zero-order chi connectivity index (χ0) is 14.2.